The molecule has 0 saturated heterocycles. The summed E-state index contributed by atoms with van der Waals surface area (Å²) in [5.74, 6) is -9.83. The van der Waals surface area contributed by atoms with Crippen molar-refractivity contribution in [2.75, 3.05) is 0 Å². The van der Waals surface area contributed by atoms with Crippen LogP contribution in [-0.4, -0.2) is 44.3 Å². The van der Waals surface area contributed by atoms with E-state index in [0.717, 1.165) is 0 Å². The van der Waals surface area contributed by atoms with Gasteiger partial charge in [-0.3, -0.25) is 0 Å². The molecule has 0 aromatic carbocycles. The smallest absolute Gasteiger partial charge is 0.354 e. The predicted octanol–water partition coefficient (Wildman–Crippen LogP) is -1.05. The third-order valence-corrected chi connectivity index (χ3v) is 1.28. The molecule has 0 amide bonds. The summed E-state index contributed by atoms with van der Waals surface area (Å²) in [6.45, 7) is 0. The maximum absolute atomic E-state index is 10.2. The van der Waals surface area contributed by atoms with Gasteiger partial charge in [-0.25, -0.2) is 19.2 Å². The molecule has 0 radical (unpaired) electrons. The molecule has 0 aliphatic carbocycles. The third-order valence-electron chi connectivity index (χ3n) is 1.28. The minimum atomic E-state index is -3.83. The fraction of sp³-hybridized carbons (Fsp3) is 0.333. The van der Waals surface area contributed by atoms with Crippen LogP contribution in [0.25, 0.3) is 0 Å². The second-order valence-corrected chi connectivity index (χ2v) is 1.97. The molecule has 80 valence electrons. The number of aliphatic carboxylic acids is 4. The first kappa shape index (κ1) is 14.4. The van der Waals surface area contributed by atoms with E-state index in [1.54, 1.807) is 0 Å². The minimum Gasteiger partial charge on any atom is -0.480 e. The maximum atomic E-state index is 10.2. The normalized spacial score (nSPS) is 9.71. The first-order chi connectivity index (χ1) is 5.77. The largest absolute Gasteiger partial charge is 0.480 e. The number of carboxylic acid groups (broad SMARTS) is 4. The van der Waals surface area contributed by atoms with Crippen molar-refractivity contribution < 1.29 is 39.6 Å². The van der Waals surface area contributed by atoms with Gasteiger partial charge in [-0.2, -0.15) is 0 Å². The van der Waals surface area contributed by atoms with Crippen LogP contribution in [-0.2, 0) is 19.2 Å². The molecule has 8 heteroatoms. The SMILES string of the molecule is C.O=C(O)C(C(=O)O)(C(=O)O)C(=O)O. The van der Waals surface area contributed by atoms with Crippen LogP contribution in [0, 0.1) is 5.41 Å². The molecule has 8 nitrogen and oxygen atoms in total. The van der Waals surface area contributed by atoms with Crippen LogP contribution in [0.1, 0.15) is 7.43 Å². The fourth-order valence-corrected chi connectivity index (χ4v) is 0.549. The Morgan fingerprint density at radius 2 is 0.786 bits per heavy atom. The van der Waals surface area contributed by atoms with Crippen molar-refractivity contribution in [3.8, 4) is 0 Å². The second-order valence-electron chi connectivity index (χ2n) is 1.97. The number of hydrogen-bond acceptors (Lipinski definition) is 4. The number of carbonyl (C=O) groups is 4. The van der Waals surface area contributed by atoms with Crippen molar-refractivity contribution in [2.24, 2.45) is 5.41 Å². The van der Waals surface area contributed by atoms with Gasteiger partial charge >= 0.3 is 29.3 Å². The number of carboxylic acids is 4. The maximum Gasteiger partial charge on any atom is 0.354 e. The first-order valence-corrected chi connectivity index (χ1v) is 2.71. The zero-order chi connectivity index (χ0) is 10.8. The van der Waals surface area contributed by atoms with E-state index in [4.69, 9.17) is 20.4 Å². The second kappa shape index (κ2) is 4.21. The predicted molar refractivity (Wildman–Crippen MR) is 39.7 cm³/mol. The Labute approximate surface area is 77.4 Å². The lowest BCUT2D eigenvalue weighted by molar-refractivity contribution is -0.183. The molecule has 0 spiro atoms. The highest BCUT2D eigenvalue weighted by Gasteiger charge is 2.62. The van der Waals surface area contributed by atoms with Gasteiger partial charge in [0.1, 0.15) is 0 Å². The topological polar surface area (TPSA) is 149 Å². The van der Waals surface area contributed by atoms with Crippen molar-refractivity contribution in [1.82, 2.24) is 0 Å². The van der Waals surface area contributed by atoms with Crippen LogP contribution in [0.3, 0.4) is 0 Å². The van der Waals surface area contributed by atoms with Gasteiger partial charge in [0.25, 0.3) is 0 Å². The molecular formula is C6H8O8. The van der Waals surface area contributed by atoms with Crippen LogP contribution in [0.5, 0.6) is 0 Å². The molecule has 0 aliphatic rings. The average molecular weight is 208 g/mol. The van der Waals surface area contributed by atoms with Gasteiger partial charge in [-0.05, 0) is 0 Å². The van der Waals surface area contributed by atoms with Crippen molar-refractivity contribution in [1.29, 1.82) is 0 Å². The standard InChI is InChI=1S/C5H4O8.CH4/c6-1(7)5(2(8)9,3(10)11)4(12)13;/h(H,6,7)(H,8,9)(H,10,11)(H,12,13);1H4. The molecule has 0 rings (SSSR count). The molecule has 0 aromatic rings. The molecular weight excluding hydrogens is 200 g/mol. The van der Waals surface area contributed by atoms with Gasteiger partial charge in [-0.1, -0.05) is 7.43 Å². The lowest BCUT2D eigenvalue weighted by atomic mass is 9.89. The molecule has 0 fully saturated rings. The Balaban J connectivity index is 0. The summed E-state index contributed by atoms with van der Waals surface area (Å²) in [6, 6.07) is 0. The lowest BCUT2D eigenvalue weighted by Gasteiger charge is -2.13. The van der Waals surface area contributed by atoms with Gasteiger partial charge in [0, 0.05) is 0 Å². The summed E-state index contributed by atoms with van der Waals surface area (Å²) in [5, 5.41) is 32.8. The van der Waals surface area contributed by atoms with Gasteiger partial charge in [0.05, 0.1) is 0 Å². The van der Waals surface area contributed by atoms with Crippen molar-refractivity contribution in [2.45, 2.75) is 7.43 Å². The Bertz CT molecular complexity index is 229. The van der Waals surface area contributed by atoms with E-state index in [1.165, 1.54) is 0 Å². The van der Waals surface area contributed by atoms with E-state index >= 15 is 0 Å². The quantitative estimate of drug-likeness (QED) is 0.427. The summed E-state index contributed by atoms with van der Waals surface area (Å²) >= 11 is 0. The molecule has 0 unspecified atom stereocenters. The highest BCUT2D eigenvalue weighted by molar-refractivity contribution is 6.31. The van der Waals surface area contributed by atoms with E-state index in [1.807, 2.05) is 0 Å². The Kier molecular flexibility index (Phi) is 4.33. The third kappa shape index (κ3) is 1.63. The lowest BCUT2D eigenvalue weighted by Crippen LogP contribution is -2.52. The molecule has 0 aliphatic heterocycles. The van der Waals surface area contributed by atoms with Gasteiger partial charge < -0.3 is 20.4 Å². The highest BCUT2D eigenvalue weighted by atomic mass is 16.4. The van der Waals surface area contributed by atoms with Gasteiger partial charge in [0.15, 0.2) is 0 Å². The van der Waals surface area contributed by atoms with Crippen LogP contribution in [0.4, 0.5) is 0 Å². The molecule has 0 bridgehead atoms. The van der Waals surface area contributed by atoms with E-state index in [-0.39, 0.29) is 7.43 Å². The van der Waals surface area contributed by atoms with Crippen LogP contribution in [0.15, 0.2) is 0 Å². The molecule has 0 atom stereocenters. The summed E-state index contributed by atoms with van der Waals surface area (Å²) in [4.78, 5) is 40.8. The minimum absolute atomic E-state index is 0. The Morgan fingerprint density at radius 1 is 0.643 bits per heavy atom. The van der Waals surface area contributed by atoms with Crippen molar-refractivity contribution in [3.63, 3.8) is 0 Å². The highest BCUT2D eigenvalue weighted by Crippen LogP contribution is 2.18. The van der Waals surface area contributed by atoms with E-state index in [2.05, 4.69) is 0 Å². The molecule has 0 aromatic heterocycles. The molecule has 14 heavy (non-hydrogen) atoms. The summed E-state index contributed by atoms with van der Waals surface area (Å²) < 4.78 is 0. The zero-order valence-corrected chi connectivity index (χ0v) is 5.92. The van der Waals surface area contributed by atoms with E-state index in [9.17, 15) is 19.2 Å². The first-order valence-electron chi connectivity index (χ1n) is 2.71. The average Bonchev–Trinajstić information content (AvgIpc) is 1.82. The molecule has 0 heterocycles. The van der Waals surface area contributed by atoms with E-state index < -0.39 is 29.3 Å². The van der Waals surface area contributed by atoms with Gasteiger partial charge in [-0.15, -0.1) is 0 Å². The van der Waals surface area contributed by atoms with Crippen LogP contribution in [0.2, 0.25) is 0 Å². The van der Waals surface area contributed by atoms with E-state index in [0.29, 0.717) is 0 Å². The van der Waals surface area contributed by atoms with Gasteiger partial charge in [0.2, 0.25) is 0 Å². The Morgan fingerprint density at radius 3 is 0.786 bits per heavy atom. The monoisotopic (exact) mass is 208 g/mol. The number of hydrogen-bond donors (Lipinski definition) is 4. The van der Waals surface area contributed by atoms with Crippen molar-refractivity contribution >= 4 is 23.9 Å². The van der Waals surface area contributed by atoms with Crippen LogP contribution >= 0.6 is 0 Å². The van der Waals surface area contributed by atoms with Crippen molar-refractivity contribution in [3.05, 3.63) is 0 Å². The van der Waals surface area contributed by atoms with Crippen LogP contribution < -0.4 is 0 Å². The summed E-state index contributed by atoms with van der Waals surface area (Å²) in [7, 11) is 0. The zero-order valence-electron chi connectivity index (χ0n) is 5.92. The summed E-state index contributed by atoms with van der Waals surface area (Å²) in [6.07, 6.45) is 0. The number of rotatable bonds is 4. The summed E-state index contributed by atoms with van der Waals surface area (Å²) in [5.41, 5.74) is -3.83. The fourth-order valence-electron chi connectivity index (χ4n) is 0.549. The molecule has 4 N–H and O–H groups in total. The Hall–Kier alpha value is -2.12. The molecule has 0 saturated carbocycles.